The van der Waals surface area contributed by atoms with Crippen molar-refractivity contribution in [3.63, 3.8) is 0 Å². The van der Waals surface area contributed by atoms with E-state index in [-0.39, 0.29) is 43.1 Å². The number of piperidine rings is 1. The molecule has 3 saturated heterocycles. The summed E-state index contributed by atoms with van der Waals surface area (Å²) in [6.07, 6.45) is 3.43. The molecule has 3 heterocycles. The topological polar surface area (TPSA) is 107 Å². The lowest BCUT2D eigenvalue weighted by Crippen LogP contribution is -2.60. The Bertz CT molecular complexity index is 1930. The number of nitrogens with zero attached hydrogens (tertiary/aromatic N) is 3. The second-order valence-corrected chi connectivity index (χ2v) is 15.8. The van der Waals surface area contributed by atoms with Gasteiger partial charge >= 0.3 is 0 Å². The van der Waals surface area contributed by atoms with Crippen LogP contribution in [0.5, 0.6) is 11.5 Å². The number of carbonyl (C=O) groups is 4. The number of hydrogen-bond acceptors (Lipinski definition) is 7. The number of carbonyl (C=O) groups excluding carboxylic acids is 4. The van der Waals surface area contributed by atoms with Crippen molar-refractivity contribution in [2.24, 2.45) is 17.8 Å². The first-order valence-electron chi connectivity index (χ1n) is 17.6. The Balaban J connectivity index is 1.09. The molecule has 5 aliphatic rings. The number of amides is 4. The van der Waals surface area contributed by atoms with E-state index in [0.29, 0.717) is 29.7 Å². The van der Waals surface area contributed by atoms with Gasteiger partial charge in [-0.3, -0.25) is 33.9 Å². The summed E-state index contributed by atoms with van der Waals surface area (Å²) in [6, 6.07) is 24.4. The number of aromatic hydroxyl groups is 1. The third-order valence-corrected chi connectivity index (χ3v) is 13.2. The molecule has 264 valence electrons. The fraction of sp³-hybridized carbons (Fsp3) is 0.400. The molecular weight excluding hydrogens is 689 g/mol. The zero-order valence-electron chi connectivity index (χ0n) is 28.2. The smallest absolute Gasteiger partial charge is 0.253 e. The maximum Gasteiger partial charge on any atom is 0.253 e. The molecule has 3 aromatic carbocycles. The van der Waals surface area contributed by atoms with Gasteiger partial charge < -0.3 is 9.84 Å². The van der Waals surface area contributed by atoms with Crippen molar-refractivity contribution in [3.8, 4) is 11.5 Å². The summed E-state index contributed by atoms with van der Waals surface area (Å²) in [5.74, 6) is -4.61. The highest BCUT2D eigenvalue weighted by molar-refractivity contribution is 6.53. The Morgan fingerprint density at radius 1 is 0.843 bits per heavy atom. The number of fused-ring (bicyclic) bond motifs is 4. The molecule has 3 aliphatic heterocycles. The first kappa shape index (κ1) is 33.9. The quantitative estimate of drug-likeness (QED) is 0.191. The van der Waals surface area contributed by atoms with Crippen molar-refractivity contribution in [3.05, 3.63) is 107 Å². The minimum Gasteiger partial charge on any atom is -0.508 e. The van der Waals surface area contributed by atoms with E-state index in [0.717, 1.165) is 30.1 Å². The second-order valence-electron chi connectivity index (χ2n) is 14.5. The third-order valence-electron chi connectivity index (χ3n) is 11.8. The van der Waals surface area contributed by atoms with Gasteiger partial charge in [-0.05, 0) is 48.8 Å². The predicted molar refractivity (Wildman–Crippen MR) is 191 cm³/mol. The molecule has 51 heavy (non-hydrogen) atoms. The lowest BCUT2D eigenvalue weighted by molar-refractivity contribution is -0.144. The highest BCUT2D eigenvalue weighted by atomic mass is 35.5. The number of halogens is 2. The lowest BCUT2D eigenvalue weighted by Gasteiger charge is -2.50. The number of benzene rings is 3. The van der Waals surface area contributed by atoms with Gasteiger partial charge in [-0.25, -0.2) is 0 Å². The van der Waals surface area contributed by atoms with Crippen LogP contribution >= 0.6 is 23.2 Å². The monoisotopic (exact) mass is 727 g/mol. The first-order chi connectivity index (χ1) is 24.5. The second kappa shape index (κ2) is 12.8. The zero-order valence-corrected chi connectivity index (χ0v) is 29.7. The Morgan fingerprint density at radius 2 is 1.51 bits per heavy atom. The molecule has 9 nitrogen and oxygen atoms in total. The van der Waals surface area contributed by atoms with Crippen LogP contribution in [0.4, 0.5) is 0 Å². The molecule has 4 fully saturated rings. The van der Waals surface area contributed by atoms with Crippen LogP contribution in [-0.4, -0.2) is 79.4 Å². The van der Waals surface area contributed by atoms with E-state index in [1.165, 1.54) is 23.6 Å². The van der Waals surface area contributed by atoms with Crippen LogP contribution in [-0.2, 0) is 32.3 Å². The highest BCUT2D eigenvalue weighted by Gasteiger charge is 2.76. The van der Waals surface area contributed by atoms with Crippen LogP contribution in [0.3, 0.4) is 0 Å². The SMILES string of the molecule is CN1C(=O)[C@]2(Cl)C[C@@H]3C(=CC[C@@H]4C(=O)N(C5CCN(Cc6ccccc6)CC5)C(=O)[C@@H]43)[C@H](c3ccc(OCc4ccccc4)cc3O)[C@]2(Cl)C1=O. The van der Waals surface area contributed by atoms with Crippen LogP contribution in [0, 0.1) is 17.8 Å². The molecule has 0 spiro atoms. The van der Waals surface area contributed by atoms with Crippen molar-refractivity contribution in [1.82, 2.24) is 14.7 Å². The largest absolute Gasteiger partial charge is 0.508 e. The minimum absolute atomic E-state index is 0.0854. The first-order valence-corrected chi connectivity index (χ1v) is 18.3. The van der Waals surface area contributed by atoms with Gasteiger partial charge in [-0.1, -0.05) is 78.4 Å². The van der Waals surface area contributed by atoms with E-state index in [9.17, 15) is 24.3 Å². The van der Waals surface area contributed by atoms with Crippen molar-refractivity contribution in [2.75, 3.05) is 20.1 Å². The summed E-state index contributed by atoms with van der Waals surface area (Å²) in [5.41, 5.74) is 3.11. The molecule has 0 aromatic heterocycles. The van der Waals surface area contributed by atoms with Gasteiger partial charge in [0.05, 0.1) is 11.8 Å². The van der Waals surface area contributed by atoms with Gasteiger partial charge in [0.1, 0.15) is 18.1 Å². The molecule has 2 aliphatic carbocycles. The summed E-state index contributed by atoms with van der Waals surface area (Å²) in [7, 11) is 1.35. The average molecular weight is 729 g/mol. The number of imide groups is 2. The molecule has 6 atom stereocenters. The minimum atomic E-state index is -1.98. The van der Waals surface area contributed by atoms with Gasteiger partial charge in [0, 0.05) is 50.3 Å². The van der Waals surface area contributed by atoms with Crippen LogP contribution in [0.1, 0.15) is 48.3 Å². The van der Waals surface area contributed by atoms with E-state index in [1.54, 1.807) is 12.1 Å². The summed E-state index contributed by atoms with van der Waals surface area (Å²) in [6.45, 7) is 2.60. The Labute approximate surface area is 306 Å². The molecule has 8 rings (SSSR count). The van der Waals surface area contributed by atoms with Gasteiger partial charge in [0.25, 0.3) is 11.8 Å². The number of phenols is 1. The standard InChI is InChI=1S/C40H39Cl2N3O6/c1-43-37(49)39(41)21-31-28(34(40(39,42)38(43)50)29-13-12-27(20-32(29)46)51-23-25-10-6-3-7-11-25)14-15-30-33(31)36(48)45(35(30)47)26-16-18-44(19-17-26)22-24-8-4-2-5-9-24/h2-14,20,26,30-31,33-34,46H,15-19,21-23H2,1H3/t30-,31+,33-,34+,39+,40-/m0/s1. The zero-order chi connectivity index (χ0) is 35.7. The highest BCUT2D eigenvalue weighted by Crippen LogP contribution is 2.66. The number of ether oxygens (including phenoxy) is 1. The fourth-order valence-electron chi connectivity index (χ4n) is 9.25. The normalized spacial score (nSPS) is 31.0. The van der Waals surface area contributed by atoms with Crippen LogP contribution in [0.15, 0.2) is 90.5 Å². The fourth-order valence-corrected chi connectivity index (χ4v) is 10.3. The molecule has 0 bridgehead atoms. The molecule has 4 amide bonds. The van der Waals surface area contributed by atoms with Crippen molar-refractivity contribution < 1.29 is 29.0 Å². The molecule has 0 radical (unpaired) electrons. The van der Waals surface area contributed by atoms with Gasteiger partial charge in [-0.15, -0.1) is 23.2 Å². The van der Waals surface area contributed by atoms with Crippen molar-refractivity contribution in [2.45, 2.75) is 60.5 Å². The van der Waals surface area contributed by atoms with Crippen LogP contribution in [0.2, 0.25) is 0 Å². The molecule has 1 saturated carbocycles. The summed E-state index contributed by atoms with van der Waals surface area (Å²) in [4.78, 5) is 57.2. The van der Waals surface area contributed by atoms with E-state index in [2.05, 4.69) is 17.0 Å². The van der Waals surface area contributed by atoms with Gasteiger partial charge in [0.2, 0.25) is 11.8 Å². The number of allylic oxidation sites excluding steroid dienone is 2. The predicted octanol–water partition coefficient (Wildman–Crippen LogP) is 5.62. The van der Waals surface area contributed by atoms with Crippen molar-refractivity contribution >= 4 is 46.8 Å². The van der Waals surface area contributed by atoms with Crippen LogP contribution < -0.4 is 4.74 Å². The number of rotatable bonds is 7. The van der Waals surface area contributed by atoms with Crippen LogP contribution in [0.25, 0.3) is 0 Å². The molecule has 3 aromatic rings. The molecule has 1 N–H and O–H groups in total. The summed E-state index contributed by atoms with van der Waals surface area (Å²) < 4.78 is 5.94. The van der Waals surface area contributed by atoms with E-state index < -0.39 is 45.2 Å². The maximum atomic E-state index is 14.5. The third kappa shape index (κ3) is 5.30. The Morgan fingerprint density at radius 3 is 2.18 bits per heavy atom. The number of phenolic OH excluding ortho intramolecular Hbond substituents is 1. The van der Waals surface area contributed by atoms with Gasteiger partial charge in [-0.2, -0.15) is 0 Å². The number of likely N-dealkylation sites (tertiary alicyclic amines) is 3. The molecule has 11 heteroatoms. The molecule has 0 unspecified atom stereocenters. The Kier molecular flexibility index (Phi) is 8.51. The number of hydrogen-bond donors (Lipinski definition) is 1. The van der Waals surface area contributed by atoms with Gasteiger partial charge in [0.15, 0.2) is 9.75 Å². The Hall–Kier alpha value is -4.18. The van der Waals surface area contributed by atoms with E-state index >= 15 is 0 Å². The van der Waals surface area contributed by atoms with Crippen molar-refractivity contribution in [1.29, 1.82) is 0 Å². The summed E-state index contributed by atoms with van der Waals surface area (Å²) in [5, 5.41) is 11.5. The average Bonchev–Trinajstić information content (AvgIpc) is 3.47. The molecular formula is C40H39Cl2N3O6. The summed E-state index contributed by atoms with van der Waals surface area (Å²) >= 11 is 14.6. The number of alkyl halides is 2. The lowest BCUT2D eigenvalue weighted by atomic mass is 9.56. The maximum absolute atomic E-state index is 14.5. The van der Waals surface area contributed by atoms with E-state index in [1.807, 2.05) is 54.6 Å². The van der Waals surface area contributed by atoms with E-state index in [4.69, 9.17) is 27.9 Å².